The van der Waals surface area contributed by atoms with Crippen molar-refractivity contribution in [2.75, 3.05) is 12.4 Å². The minimum Gasteiger partial charge on any atom is -0.373 e. The van der Waals surface area contributed by atoms with Crippen molar-refractivity contribution in [1.29, 1.82) is 0 Å². The molecule has 0 bridgehead atoms. The van der Waals surface area contributed by atoms with E-state index in [4.69, 9.17) is 4.52 Å². The first-order valence-corrected chi connectivity index (χ1v) is 12.8. The molecule has 14 heteroatoms. The molecule has 0 spiro atoms. The molecule has 0 aliphatic carbocycles. The van der Waals surface area contributed by atoms with E-state index in [0.717, 1.165) is 17.4 Å². The molecule has 212 valence electrons. The zero-order valence-corrected chi connectivity index (χ0v) is 23.5. The summed E-state index contributed by atoms with van der Waals surface area (Å²) < 4.78 is 44.7. The molecule has 0 aromatic carbocycles. The summed E-state index contributed by atoms with van der Waals surface area (Å²) in [6.07, 6.45) is -1.78. The van der Waals surface area contributed by atoms with Crippen LogP contribution in [-0.2, 0) is 22.3 Å². The van der Waals surface area contributed by atoms with E-state index in [1.165, 1.54) is 24.7 Å². The van der Waals surface area contributed by atoms with Gasteiger partial charge in [0.2, 0.25) is 0 Å². The lowest BCUT2D eigenvalue weighted by molar-refractivity contribution is -0.138. The van der Waals surface area contributed by atoms with E-state index in [-0.39, 0.29) is 34.5 Å². The van der Waals surface area contributed by atoms with Gasteiger partial charge in [-0.3, -0.25) is 14.6 Å². The topological polar surface area (TPSA) is 134 Å². The zero-order valence-electron chi connectivity index (χ0n) is 22.6. The van der Waals surface area contributed by atoms with Crippen molar-refractivity contribution in [3.05, 3.63) is 69.0 Å². The van der Waals surface area contributed by atoms with Crippen molar-refractivity contribution in [2.24, 2.45) is 4.99 Å². The van der Waals surface area contributed by atoms with Crippen molar-refractivity contribution >= 4 is 35.2 Å². The lowest BCUT2D eigenvalue weighted by Crippen LogP contribution is -2.26. The number of rotatable bonds is 9. The molecular weight excluding hydrogens is 547 g/mol. The van der Waals surface area contributed by atoms with Crippen LogP contribution in [0, 0.1) is 13.8 Å². The molecule has 0 atom stereocenters. The first-order valence-electron chi connectivity index (χ1n) is 11.9. The van der Waals surface area contributed by atoms with Gasteiger partial charge in [0.1, 0.15) is 28.1 Å². The molecule has 3 rings (SSSR count). The van der Waals surface area contributed by atoms with Gasteiger partial charge in [-0.15, -0.1) is 11.3 Å². The minimum absolute atomic E-state index is 0.132. The van der Waals surface area contributed by atoms with E-state index in [0.29, 0.717) is 34.0 Å². The van der Waals surface area contributed by atoms with Gasteiger partial charge in [-0.2, -0.15) is 13.2 Å². The number of aryl methyl sites for hydroxylation is 2. The molecule has 10 nitrogen and oxygen atoms in total. The average Bonchev–Trinajstić information content (AvgIpc) is 3.55. The number of hydrogen-bond donors (Lipinski definition) is 3. The van der Waals surface area contributed by atoms with Crippen molar-refractivity contribution < 1.29 is 27.3 Å². The Bertz CT molecular complexity index is 1500. The monoisotopic (exact) mass is 575 g/mol. The molecular formula is C26H28F3N7O3S. The number of pyridine rings is 1. The molecule has 2 amide bonds. The van der Waals surface area contributed by atoms with E-state index >= 15 is 0 Å². The Morgan fingerprint density at radius 3 is 2.48 bits per heavy atom. The number of carbonyl (C=O) groups excluding carboxylic acids is 2. The summed E-state index contributed by atoms with van der Waals surface area (Å²) in [7, 11) is 1.62. The predicted molar refractivity (Wildman–Crippen MR) is 145 cm³/mol. The Morgan fingerprint density at radius 1 is 1.12 bits per heavy atom. The van der Waals surface area contributed by atoms with Crippen molar-refractivity contribution in [1.82, 2.24) is 25.8 Å². The van der Waals surface area contributed by atoms with E-state index in [9.17, 15) is 22.8 Å². The standard InChI is InChI=1S/C26H28F3N7O3S/c1-13(9-32-22(30-6)16(4)23(37)33-11-19-7-14(2)39-36-19)15(3)24(38)34-21-12-40-25(35-21)18-8-20(26(27,28)29)17(5)31-10-18/h7-10,12,30H,11H2,1-6H3,(H,33,37)(H,34,38)/b15-13-,22-16+,32-9-. The smallest absolute Gasteiger partial charge is 0.373 e. The number of hydrogen-bond acceptors (Lipinski definition) is 9. The highest BCUT2D eigenvalue weighted by Gasteiger charge is 2.33. The van der Waals surface area contributed by atoms with Crippen LogP contribution in [0.1, 0.15) is 43.5 Å². The molecule has 0 fully saturated rings. The molecule has 0 saturated carbocycles. The average molecular weight is 576 g/mol. The fourth-order valence-corrected chi connectivity index (χ4v) is 4.04. The van der Waals surface area contributed by atoms with E-state index in [1.54, 1.807) is 40.8 Å². The fraction of sp³-hybridized carbons (Fsp3) is 0.308. The van der Waals surface area contributed by atoms with Gasteiger partial charge < -0.3 is 20.5 Å². The van der Waals surface area contributed by atoms with Crippen molar-refractivity contribution in [3.8, 4) is 10.6 Å². The Hall–Kier alpha value is -4.33. The maximum absolute atomic E-state index is 13.2. The first-order chi connectivity index (χ1) is 18.8. The summed E-state index contributed by atoms with van der Waals surface area (Å²) in [6.45, 7) is 8.10. The van der Waals surface area contributed by atoms with E-state index < -0.39 is 17.6 Å². The van der Waals surface area contributed by atoms with Gasteiger partial charge in [0.25, 0.3) is 11.8 Å². The quantitative estimate of drug-likeness (QED) is 0.243. The zero-order chi connectivity index (χ0) is 29.6. The van der Waals surface area contributed by atoms with Crippen LogP contribution >= 0.6 is 11.3 Å². The van der Waals surface area contributed by atoms with Gasteiger partial charge >= 0.3 is 6.18 Å². The van der Waals surface area contributed by atoms with E-state index in [1.807, 2.05) is 0 Å². The van der Waals surface area contributed by atoms with Crippen LogP contribution in [0.3, 0.4) is 0 Å². The van der Waals surface area contributed by atoms with Crippen molar-refractivity contribution in [3.63, 3.8) is 0 Å². The number of aromatic nitrogens is 3. The maximum atomic E-state index is 13.2. The third-order valence-electron chi connectivity index (χ3n) is 5.74. The van der Waals surface area contributed by atoms with Gasteiger partial charge in [-0.1, -0.05) is 5.16 Å². The molecule has 3 N–H and O–H groups in total. The number of nitrogens with zero attached hydrogens (tertiary/aromatic N) is 4. The summed E-state index contributed by atoms with van der Waals surface area (Å²) >= 11 is 1.08. The number of carbonyl (C=O) groups is 2. The summed E-state index contributed by atoms with van der Waals surface area (Å²) in [5.41, 5.74) is 0.977. The molecule has 0 saturated heterocycles. The SMILES string of the molecule is CNC(/N=C\C(C)=C(\C)C(=O)Nc1csc(-c2cnc(C)c(C(F)(F)F)c2)n1)=C(/C)C(=O)NCc1cc(C)on1. The van der Waals surface area contributed by atoms with Gasteiger partial charge in [0, 0.05) is 47.7 Å². The summed E-state index contributed by atoms with van der Waals surface area (Å²) in [4.78, 5) is 37.7. The molecule has 40 heavy (non-hydrogen) atoms. The number of aliphatic imine (C=N–C) groups is 1. The highest BCUT2D eigenvalue weighted by atomic mass is 32.1. The Kier molecular flexibility index (Phi) is 9.58. The van der Waals surface area contributed by atoms with Crippen LogP contribution in [-0.4, -0.2) is 40.2 Å². The molecule has 0 aliphatic rings. The van der Waals surface area contributed by atoms with Crippen LogP contribution < -0.4 is 16.0 Å². The number of thiazole rings is 1. The van der Waals surface area contributed by atoms with Crippen molar-refractivity contribution in [2.45, 2.75) is 47.3 Å². The molecule has 3 heterocycles. The summed E-state index contributed by atoms with van der Waals surface area (Å²) in [5, 5.41) is 13.9. The number of amides is 2. The summed E-state index contributed by atoms with van der Waals surface area (Å²) in [6, 6.07) is 2.71. The molecule has 3 aromatic rings. The van der Waals surface area contributed by atoms with Gasteiger partial charge in [0.15, 0.2) is 0 Å². The Balaban J connectivity index is 1.69. The van der Waals surface area contributed by atoms with Gasteiger partial charge in [-0.05, 0) is 46.3 Å². The molecule has 0 aliphatic heterocycles. The number of halogens is 3. The van der Waals surface area contributed by atoms with Crippen LogP contribution in [0.25, 0.3) is 10.6 Å². The lowest BCUT2D eigenvalue weighted by Gasteiger charge is -2.10. The predicted octanol–water partition coefficient (Wildman–Crippen LogP) is 4.94. The Morgan fingerprint density at radius 2 is 1.85 bits per heavy atom. The summed E-state index contributed by atoms with van der Waals surface area (Å²) in [5.74, 6) is 0.302. The third kappa shape index (κ3) is 7.62. The van der Waals surface area contributed by atoms with Crippen LogP contribution in [0.4, 0.5) is 19.0 Å². The lowest BCUT2D eigenvalue weighted by atomic mass is 10.1. The highest BCUT2D eigenvalue weighted by molar-refractivity contribution is 7.13. The second-order valence-electron chi connectivity index (χ2n) is 8.75. The van der Waals surface area contributed by atoms with Gasteiger partial charge in [-0.25, -0.2) is 9.98 Å². The van der Waals surface area contributed by atoms with Crippen LogP contribution in [0.5, 0.6) is 0 Å². The number of anilines is 1. The fourth-order valence-electron chi connectivity index (χ4n) is 3.31. The molecule has 0 unspecified atom stereocenters. The second kappa shape index (κ2) is 12.7. The largest absolute Gasteiger partial charge is 0.418 e. The number of alkyl halides is 3. The normalized spacial score (nSPS) is 13.1. The molecule has 0 radical (unpaired) electrons. The highest BCUT2D eigenvalue weighted by Crippen LogP contribution is 2.34. The van der Waals surface area contributed by atoms with Crippen LogP contribution in [0.15, 0.2) is 55.8 Å². The molecule has 3 aromatic heterocycles. The number of nitrogens with one attached hydrogen (secondary N) is 3. The van der Waals surface area contributed by atoms with E-state index in [2.05, 4.69) is 36.1 Å². The number of allylic oxidation sites excluding steroid dienone is 1. The maximum Gasteiger partial charge on any atom is 0.418 e. The Labute approximate surface area is 232 Å². The minimum atomic E-state index is -4.54. The first kappa shape index (κ1) is 30.2. The third-order valence-corrected chi connectivity index (χ3v) is 6.64. The van der Waals surface area contributed by atoms with Gasteiger partial charge in [0.05, 0.1) is 17.7 Å². The second-order valence-corrected chi connectivity index (χ2v) is 9.61. The van der Waals surface area contributed by atoms with Crippen LogP contribution in [0.2, 0.25) is 0 Å².